The molecule has 10 aromatic carbocycles. The van der Waals surface area contributed by atoms with E-state index in [0.29, 0.717) is 23.3 Å². The zero-order valence-corrected chi connectivity index (χ0v) is 65.4. The fourth-order valence-electron chi connectivity index (χ4n) is 14.6. The standard InChI is InChI=1S/C33H21BrN4.2C32H20BrN5/c34-25-15-18-27-28-12-7-19-35-33(28)38(31(27)20-25)26-16-13-24(14-17-26)32-36-29(22-8-3-1-4-9-22)21-30(37-32)23-10-5-2-6-11-23;33-23-12-13-25-26-9-6-16-36-32(26)38(31(25)20-23)24-8-5-7-21(17-24)22-18-29(27-10-1-3-14-34-27)37-30(19-22)28-11-2-4-15-35-28;33-24-15-18-26-27-12-7-19-34-32(27)38(28(26)20-24)25-16-13-23(14-17-25)31-36-29(21-8-3-1-4-9-21)35-30(37-31)22-10-5-2-6-11-22/h1-21H;2*1-20H. The van der Waals surface area contributed by atoms with Crippen molar-refractivity contribution in [1.82, 2.24) is 68.5 Å². The van der Waals surface area contributed by atoms with Crippen molar-refractivity contribution in [1.29, 1.82) is 0 Å². The summed E-state index contributed by atoms with van der Waals surface area (Å²) in [5.41, 5.74) is 22.2. The highest BCUT2D eigenvalue weighted by Crippen LogP contribution is 2.40. The fourth-order valence-corrected chi connectivity index (χ4v) is 15.6. The third-order valence-electron chi connectivity index (χ3n) is 19.9. The molecule has 11 aromatic heterocycles. The number of benzene rings is 10. The van der Waals surface area contributed by atoms with Crippen LogP contribution < -0.4 is 0 Å². The Balaban J connectivity index is 0.000000115. The van der Waals surface area contributed by atoms with E-state index >= 15 is 0 Å². The Morgan fingerprint density at radius 1 is 0.184 bits per heavy atom. The fraction of sp³-hybridized carbons (Fsp3) is 0. The molecule has 0 amide bonds. The normalized spacial score (nSPS) is 11.3. The van der Waals surface area contributed by atoms with Gasteiger partial charge >= 0.3 is 0 Å². The third kappa shape index (κ3) is 14.1. The van der Waals surface area contributed by atoms with Gasteiger partial charge in [-0.2, -0.15) is 0 Å². The molecule has 0 fully saturated rings. The Morgan fingerprint density at radius 2 is 0.526 bits per heavy atom. The van der Waals surface area contributed by atoms with Crippen LogP contribution >= 0.6 is 47.8 Å². The van der Waals surface area contributed by atoms with Crippen LogP contribution in [0.3, 0.4) is 0 Å². The minimum Gasteiger partial charge on any atom is -0.294 e. The van der Waals surface area contributed by atoms with Crippen LogP contribution in [-0.2, 0) is 0 Å². The van der Waals surface area contributed by atoms with Gasteiger partial charge in [0.2, 0.25) is 0 Å². The first kappa shape index (κ1) is 70.4. The Bertz CT molecular complexity index is 6660. The zero-order valence-electron chi connectivity index (χ0n) is 60.6. The second-order valence-electron chi connectivity index (χ2n) is 27.0. The first-order chi connectivity index (χ1) is 56.2. The summed E-state index contributed by atoms with van der Waals surface area (Å²) in [5.74, 6) is 2.62. The van der Waals surface area contributed by atoms with Crippen molar-refractivity contribution in [3.63, 3.8) is 0 Å². The first-order valence-corrected chi connectivity index (χ1v) is 39.3. The highest BCUT2D eigenvalue weighted by molar-refractivity contribution is 9.11. The molecule has 0 spiro atoms. The summed E-state index contributed by atoms with van der Waals surface area (Å²) in [6.07, 6.45) is 9.10. The molecule has 0 unspecified atom stereocenters. The van der Waals surface area contributed by atoms with Crippen LogP contribution in [0.1, 0.15) is 0 Å². The molecule has 0 atom stereocenters. The largest absolute Gasteiger partial charge is 0.294 e. The summed E-state index contributed by atoms with van der Waals surface area (Å²) in [5, 5.41) is 6.88. The molecule has 540 valence electrons. The lowest BCUT2D eigenvalue weighted by Crippen LogP contribution is -2.00. The molecule has 14 nitrogen and oxygen atoms in total. The van der Waals surface area contributed by atoms with Gasteiger partial charge in [-0.1, -0.05) is 212 Å². The summed E-state index contributed by atoms with van der Waals surface area (Å²) >= 11 is 10.9. The maximum atomic E-state index is 4.97. The number of halogens is 3. The molecule has 17 heteroatoms. The van der Waals surface area contributed by atoms with Crippen LogP contribution in [0.4, 0.5) is 0 Å². The van der Waals surface area contributed by atoms with Crippen molar-refractivity contribution in [3.8, 4) is 119 Å². The molecule has 0 saturated heterocycles. The summed E-state index contributed by atoms with van der Waals surface area (Å²) < 4.78 is 9.70. The maximum absolute atomic E-state index is 4.97. The number of fused-ring (bicyclic) bond motifs is 9. The average molecular weight is 1660 g/mol. The van der Waals surface area contributed by atoms with Gasteiger partial charge in [-0.25, -0.2) is 44.9 Å². The lowest BCUT2D eigenvalue weighted by Gasteiger charge is -2.12. The quantitative estimate of drug-likeness (QED) is 0.115. The SMILES string of the molecule is Brc1ccc2c3cccnc3n(-c3ccc(-c4nc(-c5ccccc5)cc(-c5ccccc5)n4)cc3)c2c1.Brc1ccc2c3cccnc3n(-c3ccc(-c4nc(-c5ccccc5)nc(-c5ccccc5)n4)cc3)c2c1.Brc1ccc2c3cccnc3n(-c3cccc(-c4cc(-c5ccccn5)nc(-c5ccccn5)c4)c3)c2c1. The van der Waals surface area contributed by atoms with Gasteiger partial charge in [0.25, 0.3) is 0 Å². The summed E-state index contributed by atoms with van der Waals surface area (Å²) in [4.78, 5) is 52.6. The molecule has 0 aliphatic rings. The topological polar surface area (TPSA) is 157 Å². The van der Waals surface area contributed by atoms with Gasteiger partial charge in [0.15, 0.2) is 23.3 Å². The predicted octanol–water partition coefficient (Wildman–Crippen LogP) is 25.0. The monoisotopic (exact) mass is 1660 g/mol. The number of nitrogens with zero attached hydrogens (tertiary/aromatic N) is 14. The molecule has 21 aromatic rings. The lowest BCUT2D eigenvalue weighted by molar-refractivity contribution is 1.07. The molecule has 0 radical (unpaired) electrons. The van der Waals surface area contributed by atoms with Gasteiger partial charge in [0.05, 0.1) is 50.7 Å². The second-order valence-corrected chi connectivity index (χ2v) is 29.8. The van der Waals surface area contributed by atoms with Crippen LogP contribution in [-0.4, -0.2) is 68.5 Å². The van der Waals surface area contributed by atoms with E-state index in [1.165, 1.54) is 10.8 Å². The molecule has 0 aliphatic heterocycles. The van der Waals surface area contributed by atoms with Gasteiger partial charge < -0.3 is 0 Å². The van der Waals surface area contributed by atoms with Crippen molar-refractivity contribution in [2.45, 2.75) is 0 Å². The Labute approximate surface area is 680 Å². The summed E-state index contributed by atoms with van der Waals surface area (Å²) in [6.45, 7) is 0. The van der Waals surface area contributed by atoms with E-state index in [2.05, 4.69) is 260 Å². The molecule has 11 heterocycles. The predicted molar refractivity (Wildman–Crippen MR) is 470 cm³/mol. The van der Waals surface area contributed by atoms with E-state index in [-0.39, 0.29) is 0 Å². The Hall–Kier alpha value is -14.0. The molecule has 21 rings (SSSR count). The Morgan fingerprint density at radius 3 is 0.912 bits per heavy atom. The molecule has 114 heavy (non-hydrogen) atoms. The molecule has 0 bridgehead atoms. The first-order valence-electron chi connectivity index (χ1n) is 36.9. The van der Waals surface area contributed by atoms with Gasteiger partial charge in [0.1, 0.15) is 16.9 Å². The van der Waals surface area contributed by atoms with E-state index in [1.54, 1.807) is 12.4 Å². The molecule has 0 N–H and O–H groups in total. The average Bonchev–Trinajstić information content (AvgIpc) is 1.60. The molecular formula is C97H61Br3N14. The van der Waals surface area contributed by atoms with E-state index in [0.717, 1.165) is 164 Å². The van der Waals surface area contributed by atoms with E-state index < -0.39 is 0 Å². The third-order valence-corrected chi connectivity index (χ3v) is 21.4. The second kappa shape index (κ2) is 31.1. The van der Waals surface area contributed by atoms with Gasteiger partial charge in [0, 0.05) is 127 Å². The smallest absolute Gasteiger partial charge is 0.164 e. The minimum absolute atomic E-state index is 0.632. The maximum Gasteiger partial charge on any atom is 0.164 e. The molecular weight excluding hydrogens is 1600 g/mol. The van der Waals surface area contributed by atoms with Gasteiger partial charge in [-0.3, -0.25) is 23.7 Å². The van der Waals surface area contributed by atoms with Crippen molar-refractivity contribution in [3.05, 3.63) is 384 Å². The van der Waals surface area contributed by atoms with Crippen molar-refractivity contribution < 1.29 is 0 Å². The number of pyridine rings is 6. The van der Waals surface area contributed by atoms with Crippen molar-refractivity contribution >= 4 is 114 Å². The van der Waals surface area contributed by atoms with Crippen molar-refractivity contribution in [2.24, 2.45) is 0 Å². The van der Waals surface area contributed by atoms with Crippen LogP contribution in [0.5, 0.6) is 0 Å². The van der Waals surface area contributed by atoms with Crippen molar-refractivity contribution in [2.75, 3.05) is 0 Å². The molecule has 0 saturated carbocycles. The minimum atomic E-state index is 0.632. The Kier molecular flexibility index (Phi) is 19.2. The van der Waals surface area contributed by atoms with Crippen LogP contribution in [0.2, 0.25) is 0 Å². The number of aromatic nitrogens is 14. The van der Waals surface area contributed by atoms with Crippen LogP contribution in [0.15, 0.2) is 384 Å². The highest BCUT2D eigenvalue weighted by Gasteiger charge is 2.21. The highest BCUT2D eigenvalue weighted by atomic mass is 79.9. The van der Waals surface area contributed by atoms with E-state index in [9.17, 15) is 0 Å². The zero-order chi connectivity index (χ0) is 76.4. The number of hydrogen-bond donors (Lipinski definition) is 0. The van der Waals surface area contributed by atoms with Crippen LogP contribution in [0.25, 0.3) is 185 Å². The van der Waals surface area contributed by atoms with E-state index in [4.69, 9.17) is 44.9 Å². The van der Waals surface area contributed by atoms with Gasteiger partial charge in [-0.05, 0) is 187 Å². The summed E-state index contributed by atoms with van der Waals surface area (Å²) in [6, 6.07) is 115. The lowest BCUT2D eigenvalue weighted by atomic mass is 10.0. The van der Waals surface area contributed by atoms with Gasteiger partial charge in [-0.15, -0.1) is 0 Å². The summed E-state index contributed by atoms with van der Waals surface area (Å²) in [7, 11) is 0. The number of hydrogen-bond acceptors (Lipinski definition) is 11. The van der Waals surface area contributed by atoms with E-state index in [1.807, 2.05) is 170 Å². The number of rotatable bonds is 12. The molecule has 0 aliphatic carbocycles. The van der Waals surface area contributed by atoms with Crippen LogP contribution in [0, 0.1) is 0 Å².